The molecule has 1 aromatic rings. The Kier molecular flexibility index (Phi) is 8.79. The van der Waals surface area contributed by atoms with Gasteiger partial charge in [0.1, 0.15) is 0 Å². The van der Waals surface area contributed by atoms with Crippen molar-refractivity contribution in [3.05, 3.63) is 17.5 Å². The maximum absolute atomic E-state index is 12.8. The second-order valence-corrected chi connectivity index (χ2v) is 4.82. The molecule has 0 aliphatic heterocycles. The van der Waals surface area contributed by atoms with E-state index in [-0.39, 0.29) is 42.1 Å². The van der Waals surface area contributed by atoms with E-state index in [0.29, 0.717) is 12.5 Å². The number of hydrogen-bond acceptors (Lipinski definition) is 2. The molecule has 0 amide bonds. The van der Waals surface area contributed by atoms with Gasteiger partial charge in [0.25, 0.3) is 0 Å². The third-order valence-corrected chi connectivity index (χ3v) is 2.92. The number of aryl methyl sites for hydroxylation is 1. The molecule has 1 unspecified atom stereocenters. The smallest absolute Gasteiger partial charge is 0.357 e. The van der Waals surface area contributed by atoms with Crippen molar-refractivity contribution in [2.75, 3.05) is 6.54 Å². The van der Waals surface area contributed by atoms with Crippen LogP contribution in [0.1, 0.15) is 38.4 Å². The highest BCUT2D eigenvalue weighted by atomic mass is 127. The number of nitrogens with one attached hydrogen (secondary N) is 2. The number of guanidine groups is 1. The van der Waals surface area contributed by atoms with Crippen molar-refractivity contribution in [2.45, 2.75) is 46.0 Å². The number of hydrogen-bond donors (Lipinski definition) is 2. The first-order chi connectivity index (χ1) is 9.77. The average molecular weight is 433 g/mol. The van der Waals surface area contributed by atoms with Gasteiger partial charge in [-0.15, -0.1) is 24.0 Å². The summed E-state index contributed by atoms with van der Waals surface area (Å²) in [7, 11) is 1.46. The third kappa shape index (κ3) is 6.41. The first-order valence-corrected chi connectivity index (χ1v) is 6.92. The third-order valence-electron chi connectivity index (χ3n) is 2.92. The van der Waals surface area contributed by atoms with Gasteiger partial charge in [0, 0.05) is 31.4 Å². The van der Waals surface area contributed by atoms with E-state index in [9.17, 15) is 13.2 Å². The lowest BCUT2D eigenvalue weighted by Crippen LogP contribution is -2.41. The SMILES string of the molecule is CCNC(=NCc1cn(C)nc1C(F)(F)F)NC(C)CC.I. The van der Waals surface area contributed by atoms with Crippen molar-refractivity contribution >= 4 is 29.9 Å². The topological polar surface area (TPSA) is 54.2 Å². The molecule has 0 radical (unpaired) electrons. The molecule has 0 fully saturated rings. The van der Waals surface area contributed by atoms with Crippen LogP contribution in [0.15, 0.2) is 11.2 Å². The average Bonchev–Trinajstić information content (AvgIpc) is 2.77. The van der Waals surface area contributed by atoms with Crippen LogP contribution in [0.25, 0.3) is 0 Å². The molecule has 5 nitrogen and oxygen atoms in total. The van der Waals surface area contributed by atoms with Gasteiger partial charge in [-0.25, -0.2) is 4.99 Å². The molecule has 0 aromatic carbocycles. The van der Waals surface area contributed by atoms with Gasteiger partial charge in [-0.3, -0.25) is 4.68 Å². The number of rotatable bonds is 5. The van der Waals surface area contributed by atoms with Gasteiger partial charge in [-0.05, 0) is 20.3 Å². The van der Waals surface area contributed by atoms with E-state index in [1.807, 2.05) is 20.8 Å². The van der Waals surface area contributed by atoms with Crippen molar-refractivity contribution in [1.82, 2.24) is 20.4 Å². The molecule has 22 heavy (non-hydrogen) atoms. The zero-order chi connectivity index (χ0) is 16.0. The van der Waals surface area contributed by atoms with Gasteiger partial charge >= 0.3 is 6.18 Å². The summed E-state index contributed by atoms with van der Waals surface area (Å²) in [6.45, 7) is 6.47. The largest absolute Gasteiger partial charge is 0.435 e. The van der Waals surface area contributed by atoms with Gasteiger partial charge in [0.05, 0.1) is 6.54 Å². The van der Waals surface area contributed by atoms with Crippen LogP contribution in [0.3, 0.4) is 0 Å². The van der Waals surface area contributed by atoms with Gasteiger partial charge in [0.2, 0.25) is 0 Å². The number of aliphatic imine (C=N–C) groups is 1. The summed E-state index contributed by atoms with van der Waals surface area (Å²) < 4.78 is 39.7. The number of halogens is 4. The normalized spacial score (nSPS) is 13.5. The monoisotopic (exact) mass is 433 g/mol. The molecule has 0 spiro atoms. The molecule has 0 saturated heterocycles. The summed E-state index contributed by atoms with van der Waals surface area (Å²) in [6, 6.07) is 0.193. The molecule has 1 atom stereocenters. The molecule has 0 aliphatic rings. The van der Waals surface area contributed by atoms with E-state index in [0.717, 1.165) is 11.1 Å². The summed E-state index contributed by atoms with van der Waals surface area (Å²) in [4.78, 5) is 4.20. The molecule has 1 aromatic heterocycles. The zero-order valence-corrected chi connectivity index (χ0v) is 15.5. The van der Waals surface area contributed by atoms with E-state index in [2.05, 4.69) is 20.7 Å². The van der Waals surface area contributed by atoms with Crippen LogP contribution in [-0.4, -0.2) is 28.3 Å². The molecule has 0 bridgehead atoms. The maximum atomic E-state index is 12.8. The Labute approximate surface area is 145 Å². The van der Waals surface area contributed by atoms with Crippen LogP contribution in [-0.2, 0) is 19.8 Å². The lowest BCUT2D eigenvalue weighted by molar-refractivity contribution is -0.142. The highest BCUT2D eigenvalue weighted by Crippen LogP contribution is 2.30. The molecule has 1 rings (SSSR count). The van der Waals surface area contributed by atoms with E-state index >= 15 is 0 Å². The predicted octanol–water partition coefficient (Wildman–Crippen LogP) is 2.91. The fourth-order valence-electron chi connectivity index (χ4n) is 1.71. The summed E-state index contributed by atoms with van der Waals surface area (Å²) >= 11 is 0. The fraction of sp³-hybridized carbons (Fsp3) is 0.692. The quantitative estimate of drug-likeness (QED) is 0.427. The first-order valence-electron chi connectivity index (χ1n) is 6.92. The Balaban J connectivity index is 0.00000441. The van der Waals surface area contributed by atoms with Crippen LogP contribution in [0, 0.1) is 0 Å². The van der Waals surface area contributed by atoms with Crippen molar-refractivity contribution in [1.29, 1.82) is 0 Å². The minimum atomic E-state index is -4.46. The Bertz CT molecular complexity index is 485. The molecule has 0 aliphatic carbocycles. The van der Waals surface area contributed by atoms with Gasteiger partial charge in [-0.2, -0.15) is 18.3 Å². The van der Waals surface area contributed by atoms with Crippen molar-refractivity contribution in [3.8, 4) is 0 Å². The molecule has 2 N–H and O–H groups in total. The van der Waals surface area contributed by atoms with Crippen LogP contribution >= 0.6 is 24.0 Å². The molecule has 1 heterocycles. The minimum Gasteiger partial charge on any atom is -0.357 e. The molecular weight excluding hydrogens is 410 g/mol. The van der Waals surface area contributed by atoms with Gasteiger partial charge in [0.15, 0.2) is 11.7 Å². The Morgan fingerprint density at radius 2 is 2.05 bits per heavy atom. The fourth-order valence-corrected chi connectivity index (χ4v) is 1.71. The molecule has 128 valence electrons. The van der Waals surface area contributed by atoms with Crippen LogP contribution in [0.2, 0.25) is 0 Å². The van der Waals surface area contributed by atoms with Crippen molar-refractivity contribution < 1.29 is 13.2 Å². The molecule has 0 saturated carbocycles. The van der Waals surface area contributed by atoms with Gasteiger partial charge in [-0.1, -0.05) is 6.92 Å². The van der Waals surface area contributed by atoms with Crippen LogP contribution in [0.4, 0.5) is 13.2 Å². The van der Waals surface area contributed by atoms with Gasteiger partial charge < -0.3 is 10.6 Å². The molecule has 9 heteroatoms. The Morgan fingerprint density at radius 1 is 1.41 bits per heavy atom. The number of aromatic nitrogens is 2. The lowest BCUT2D eigenvalue weighted by Gasteiger charge is -2.16. The van der Waals surface area contributed by atoms with Crippen LogP contribution in [0.5, 0.6) is 0 Å². The highest BCUT2D eigenvalue weighted by molar-refractivity contribution is 14.0. The highest BCUT2D eigenvalue weighted by Gasteiger charge is 2.36. The van der Waals surface area contributed by atoms with E-state index < -0.39 is 11.9 Å². The standard InChI is InChI=1S/C13H22F3N5.HI/c1-5-9(3)19-12(17-6-2)18-7-10-8-21(4)20-11(10)13(14,15)16;/h8-9H,5-7H2,1-4H3,(H2,17,18,19);1H. The predicted molar refractivity (Wildman–Crippen MR) is 91.3 cm³/mol. The van der Waals surface area contributed by atoms with E-state index in [1.165, 1.54) is 13.2 Å². The number of nitrogens with zero attached hydrogens (tertiary/aromatic N) is 3. The van der Waals surface area contributed by atoms with E-state index in [4.69, 9.17) is 0 Å². The number of alkyl halides is 3. The summed E-state index contributed by atoms with van der Waals surface area (Å²) in [5.41, 5.74) is -0.820. The lowest BCUT2D eigenvalue weighted by atomic mass is 10.2. The Hall–Kier alpha value is -1.00. The van der Waals surface area contributed by atoms with Crippen LogP contribution < -0.4 is 10.6 Å². The van der Waals surface area contributed by atoms with Crippen molar-refractivity contribution in [3.63, 3.8) is 0 Å². The van der Waals surface area contributed by atoms with E-state index in [1.54, 1.807) is 0 Å². The summed E-state index contributed by atoms with van der Waals surface area (Å²) in [6.07, 6.45) is -2.22. The summed E-state index contributed by atoms with van der Waals surface area (Å²) in [5.74, 6) is 0.504. The second kappa shape index (κ2) is 9.21. The minimum absolute atomic E-state index is 0. The maximum Gasteiger partial charge on any atom is 0.435 e. The van der Waals surface area contributed by atoms with Crippen molar-refractivity contribution in [2.24, 2.45) is 12.0 Å². The second-order valence-electron chi connectivity index (χ2n) is 4.82. The Morgan fingerprint density at radius 3 is 2.55 bits per heavy atom. The molecular formula is C13H23F3IN5. The summed E-state index contributed by atoms with van der Waals surface area (Å²) in [5, 5.41) is 9.61. The first kappa shape index (κ1) is 21.0. The zero-order valence-electron chi connectivity index (χ0n) is 13.2.